The molecule has 0 aliphatic carbocycles. The van der Waals surface area contributed by atoms with Crippen LogP contribution in [0.5, 0.6) is 0 Å². The molecular formula is C29H30ClF4N5O7. The lowest BCUT2D eigenvalue weighted by molar-refractivity contribution is -0.480. The first kappa shape index (κ1) is 37.8. The van der Waals surface area contributed by atoms with Crippen LogP contribution in [0.15, 0.2) is 52.6 Å². The number of anilines is 1. The van der Waals surface area contributed by atoms with Crippen LogP contribution < -0.4 is 10.9 Å². The second kappa shape index (κ2) is 14.8. The number of carbonyl (C=O) groups excluding carboxylic acids is 2. The molecule has 3 aromatic rings. The minimum absolute atomic E-state index is 0.0483. The Morgan fingerprint density at radius 3 is 2.24 bits per heavy atom. The summed E-state index contributed by atoms with van der Waals surface area (Å²) in [5, 5.41) is 62.7. The zero-order valence-corrected chi connectivity index (χ0v) is 25.7. The van der Waals surface area contributed by atoms with E-state index in [4.69, 9.17) is 11.6 Å². The van der Waals surface area contributed by atoms with Gasteiger partial charge in [-0.1, -0.05) is 36.2 Å². The lowest BCUT2D eigenvalue weighted by atomic mass is 9.95. The zero-order chi connectivity index (χ0) is 35.3. The summed E-state index contributed by atoms with van der Waals surface area (Å²) in [5.74, 6) is -11.6. The number of allylic oxidation sites excluding steroid dienone is 2. The van der Waals surface area contributed by atoms with Gasteiger partial charge in [-0.15, -0.1) is 0 Å². The minimum Gasteiger partial charge on any atom is -0.342 e. The van der Waals surface area contributed by atoms with Crippen LogP contribution in [-0.4, -0.2) is 66.6 Å². The number of nitrogens with one attached hydrogen (secondary N) is 1. The van der Waals surface area contributed by atoms with E-state index in [0.717, 1.165) is 31.3 Å². The van der Waals surface area contributed by atoms with Gasteiger partial charge in [-0.3, -0.25) is 28.1 Å². The predicted molar refractivity (Wildman–Crippen MR) is 157 cm³/mol. The number of aliphatic hydroxyl groups is 5. The summed E-state index contributed by atoms with van der Waals surface area (Å²) in [6.45, 7) is 1.49. The number of imidazole rings is 1. The summed E-state index contributed by atoms with van der Waals surface area (Å²) in [4.78, 5) is 30.8. The number of ketones is 1. The molecule has 17 heteroatoms. The number of fused-ring (bicyclic) bond motifs is 1. The van der Waals surface area contributed by atoms with Crippen LogP contribution in [0.25, 0.3) is 11.0 Å². The fraction of sp³-hybridized carbons (Fsp3) is 0.310. The van der Waals surface area contributed by atoms with Gasteiger partial charge in [0.25, 0.3) is 5.91 Å². The molecule has 248 valence electrons. The van der Waals surface area contributed by atoms with Crippen molar-refractivity contribution in [2.24, 2.45) is 4.99 Å². The van der Waals surface area contributed by atoms with Crippen LogP contribution in [0.3, 0.4) is 0 Å². The van der Waals surface area contributed by atoms with Crippen molar-refractivity contribution in [1.29, 1.82) is 5.26 Å². The molecule has 12 nitrogen and oxygen atoms in total. The van der Waals surface area contributed by atoms with Crippen molar-refractivity contribution < 1.29 is 52.7 Å². The highest BCUT2D eigenvalue weighted by atomic mass is 35.5. The molecule has 1 amide bonds. The number of halogens is 5. The van der Waals surface area contributed by atoms with Gasteiger partial charge in [0.15, 0.2) is 5.78 Å². The Morgan fingerprint density at radius 2 is 1.76 bits per heavy atom. The molecule has 0 fully saturated rings. The molecule has 0 unspecified atom stereocenters. The van der Waals surface area contributed by atoms with Crippen molar-refractivity contribution in [3.63, 3.8) is 0 Å². The molecule has 1 aromatic heterocycles. The lowest BCUT2D eigenvalue weighted by Crippen LogP contribution is -2.59. The van der Waals surface area contributed by atoms with E-state index in [1.165, 1.54) is 12.2 Å². The van der Waals surface area contributed by atoms with Crippen molar-refractivity contribution >= 4 is 40.0 Å². The molecule has 3 rings (SSSR count). The van der Waals surface area contributed by atoms with Crippen LogP contribution in [0.4, 0.5) is 23.2 Å². The smallest absolute Gasteiger partial charge is 0.342 e. The normalized spacial score (nSPS) is 12.5. The molecule has 0 aliphatic heterocycles. The molecule has 0 saturated heterocycles. The van der Waals surface area contributed by atoms with E-state index in [1.54, 1.807) is 26.8 Å². The fourth-order valence-corrected chi connectivity index (χ4v) is 4.63. The number of alkyl halides is 3. The Balaban J connectivity index is 0.00000361. The van der Waals surface area contributed by atoms with E-state index in [1.807, 2.05) is 0 Å². The van der Waals surface area contributed by atoms with Gasteiger partial charge < -0.3 is 30.8 Å². The van der Waals surface area contributed by atoms with Gasteiger partial charge in [-0.25, -0.2) is 4.39 Å². The first-order chi connectivity index (χ1) is 21.4. The second-order valence-electron chi connectivity index (χ2n) is 9.63. The van der Waals surface area contributed by atoms with E-state index < -0.39 is 75.0 Å². The third-order valence-electron chi connectivity index (χ3n) is 6.22. The number of benzene rings is 2. The maximum atomic E-state index is 14.5. The Labute approximate surface area is 264 Å². The van der Waals surface area contributed by atoms with Crippen molar-refractivity contribution in [2.75, 3.05) is 19.5 Å². The maximum Gasteiger partial charge on any atom is 0.355 e. The van der Waals surface area contributed by atoms with Crippen molar-refractivity contribution in [3.8, 4) is 6.07 Å². The van der Waals surface area contributed by atoms with Gasteiger partial charge in [0.1, 0.15) is 11.9 Å². The Kier molecular flexibility index (Phi) is 12.2. The molecule has 1 heterocycles. The van der Waals surface area contributed by atoms with Gasteiger partial charge in [-0.2, -0.15) is 14.0 Å². The number of carbonyl (C=O) groups is 2. The van der Waals surface area contributed by atoms with Crippen molar-refractivity contribution in [2.45, 2.75) is 45.6 Å². The molecule has 0 radical (unpaired) electrons. The van der Waals surface area contributed by atoms with E-state index in [9.17, 15) is 57.9 Å². The largest absolute Gasteiger partial charge is 0.355 e. The molecule has 6 N–H and O–H groups in total. The van der Waals surface area contributed by atoms with Crippen LogP contribution in [0.1, 0.15) is 55.2 Å². The van der Waals surface area contributed by atoms with Gasteiger partial charge in [0.2, 0.25) is 5.62 Å². The topological polar surface area (TPSA) is 193 Å². The highest BCUT2D eigenvalue weighted by molar-refractivity contribution is 6.35. The van der Waals surface area contributed by atoms with Crippen molar-refractivity contribution in [3.05, 3.63) is 80.7 Å². The number of rotatable bonds is 9. The molecular weight excluding hydrogens is 642 g/mol. The van der Waals surface area contributed by atoms with Crippen LogP contribution >= 0.6 is 11.6 Å². The van der Waals surface area contributed by atoms with Gasteiger partial charge in [0, 0.05) is 18.2 Å². The maximum absolute atomic E-state index is 14.5. The number of amides is 1. The van der Waals surface area contributed by atoms with Gasteiger partial charge in [0.05, 0.1) is 40.0 Å². The van der Waals surface area contributed by atoms with E-state index in [-0.39, 0.29) is 19.7 Å². The van der Waals surface area contributed by atoms with Gasteiger partial charge >= 0.3 is 18.4 Å². The molecule has 2 aromatic carbocycles. The van der Waals surface area contributed by atoms with E-state index >= 15 is 0 Å². The standard InChI is InChI=1S/C28H27ClF3N5O7.CH3F/c1-5-6-14(9-13(2)3)24(39)35-19-11-20-22(17(12-33)21(19)23(38)16-10-15(30)7-8-18(16)29)36(25(31)32)26(34-4)37(20)27(40,41)28(42,43)44;1-2/h6-11,25,40-44H,5H2,1-4H3,(H,35,39);1H3/b14-6+,34-26?;. The summed E-state index contributed by atoms with van der Waals surface area (Å²) in [6, 6.07) is 5.00. The van der Waals surface area contributed by atoms with Crippen LogP contribution in [-0.2, 0) is 10.7 Å². The molecule has 0 spiro atoms. The highest BCUT2D eigenvalue weighted by Crippen LogP contribution is 2.36. The summed E-state index contributed by atoms with van der Waals surface area (Å²) in [5.41, 5.74) is -4.89. The van der Waals surface area contributed by atoms with E-state index in [2.05, 4.69) is 10.3 Å². The summed E-state index contributed by atoms with van der Waals surface area (Å²) >= 11 is 6.14. The number of hydrogen-bond acceptors (Lipinski definition) is 9. The van der Waals surface area contributed by atoms with E-state index in [0.29, 0.717) is 19.2 Å². The Morgan fingerprint density at radius 1 is 1.15 bits per heavy atom. The zero-order valence-electron chi connectivity index (χ0n) is 25.0. The first-order valence-electron chi connectivity index (χ1n) is 13.0. The molecule has 0 aliphatic rings. The Bertz CT molecular complexity index is 1830. The number of aromatic nitrogens is 2. The predicted octanol–water partition coefficient (Wildman–Crippen LogP) is 3.32. The average molecular weight is 672 g/mol. The molecule has 0 bridgehead atoms. The summed E-state index contributed by atoms with van der Waals surface area (Å²) < 4.78 is 52.7. The number of nitrogens with zero attached hydrogens (tertiary/aromatic N) is 4. The number of hydrogen-bond donors (Lipinski definition) is 6. The second-order valence-corrected chi connectivity index (χ2v) is 10.0. The first-order valence-corrected chi connectivity index (χ1v) is 13.4. The van der Waals surface area contributed by atoms with Crippen LogP contribution in [0.2, 0.25) is 5.02 Å². The fourth-order valence-electron chi connectivity index (χ4n) is 4.43. The molecule has 0 atom stereocenters. The molecule has 0 saturated carbocycles. The third-order valence-corrected chi connectivity index (χ3v) is 6.55. The number of nitriles is 1. The summed E-state index contributed by atoms with van der Waals surface area (Å²) in [6.07, 6.45) is 3.38. The summed E-state index contributed by atoms with van der Waals surface area (Å²) in [7, 11) is 1.39. The highest BCUT2D eigenvalue weighted by Gasteiger charge is 2.51. The SMILES string of the molecule is CC/C=C(\C=C(C)C)C(=O)Nc1cc2c(c(C#N)c1C(=O)c1cc(F)ccc1Cl)n(C(F)F)c(=NC)n2C(O)(O)C(O)(O)O.CF. The molecule has 46 heavy (non-hydrogen) atoms. The quantitative estimate of drug-likeness (QED) is 0.0656. The minimum atomic E-state index is -4.40. The lowest BCUT2D eigenvalue weighted by Gasteiger charge is -2.31. The average Bonchev–Trinajstić information content (AvgIpc) is 3.32. The van der Waals surface area contributed by atoms with Crippen molar-refractivity contribution in [1.82, 2.24) is 9.13 Å². The monoisotopic (exact) mass is 671 g/mol. The van der Waals surface area contributed by atoms with Gasteiger partial charge in [-0.05, 0) is 44.5 Å². The Hall–Kier alpha value is -4.37. The van der Waals surface area contributed by atoms with Crippen LogP contribution in [0, 0.1) is 17.1 Å². The third kappa shape index (κ3) is 7.20.